The lowest BCUT2D eigenvalue weighted by molar-refractivity contribution is -0.0760. The number of imidazole rings is 1. The van der Waals surface area contributed by atoms with Crippen LogP contribution in [0.1, 0.15) is 45.8 Å². The number of nitrogen functional groups attached to an aromatic ring is 1. The summed E-state index contributed by atoms with van der Waals surface area (Å²) in [6.45, 7) is 4.30. The molecule has 0 aliphatic carbocycles. The van der Waals surface area contributed by atoms with Gasteiger partial charge in [0.15, 0.2) is 17.4 Å². The first-order valence-electron chi connectivity index (χ1n) is 9.26. The van der Waals surface area contributed by atoms with Crippen molar-refractivity contribution in [2.75, 3.05) is 12.8 Å². The summed E-state index contributed by atoms with van der Waals surface area (Å²) < 4.78 is 14.0. The van der Waals surface area contributed by atoms with Crippen LogP contribution >= 0.6 is 0 Å². The number of fused-ring (bicyclic) bond motifs is 1. The van der Waals surface area contributed by atoms with Crippen LogP contribution in [0.2, 0.25) is 0 Å². The quantitative estimate of drug-likeness (QED) is 0.627. The second-order valence-electron chi connectivity index (χ2n) is 6.76. The fraction of sp³-hybridized carbons (Fsp3) is 0.706. The van der Waals surface area contributed by atoms with Gasteiger partial charge in [-0.05, 0) is 12.8 Å². The molecule has 27 heavy (non-hydrogen) atoms. The normalized spacial score (nSPS) is 23.8. The summed E-state index contributed by atoms with van der Waals surface area (Å²) in [5.74, 6) is 0.153. The highest BCUT2D eigenvalue weighted by molar-refractivity contribution is 5.78. The monoisotopic (exact) mass is 381 g/mol. The Labute approximate surface area is 156 Å². The number of nitrogens with two attached hydrogens (primary N) is 1. The summed E-state index contributed by atoms with van der Waals surface area (Å²) in [5.41, 5.74) is 6.07. The average Bonchev–Trinajstić information content (AvgIpc) is 3.15. The van der Waals surface area contributed by atoms with Gasteiger partial charge in [0.25, 0.3) is 0 Å². The zero-order chi connectivity index (χ0) is 19.7. The van der Waals surface area contributed by atoms with Crippen LogP contribution in [-0.4, -0.2) is 54.7 Å². The number of nitrogens with zero attached hydrogens (tertiary/aromatic N) is 4. The predicted octanol–water partition coefficient (Wildman–Crippen LogP) is 0.403. The van der Waals surface area contributed by atoms with E-state index in [4.69, 9.17) is 15.2 Å². The van der Waals surface area contributed by atoms with E-state index < -0.39 is 24.5 Å². The molecule has 0 bridgehead atoms. The lowest BCUT2D eigenvalue weighted by Gasteiger charge is -2.18. The van der Waals surface area contributed by atoms with Gasteiger partial charge in [0, 0.05) is 13.0 Å². The molecule has 0 saturated carbocycles. The van der Waals surface area contributed by atoms with Crippen LogP contribution in [0.25, 0.3) is 11.2 Å². The van der Waals surface area contributed by atoms with Gasteiger partial charge in [0.1, 0.15) is 6.10 Å². The fourth-order valence-electron chi connectivity index (χ4n) is 3.48. The Kier molecular flexibility index (Phi) is 5.68. The average molecular weight is 381 g/mol. The minimum Gasteiger partial charge on any atom is -0.479 e. The van der Waals surface area contributed by atoms with Crippen molar-refractivity contribution in [1.82, 2.24) is 19.1 Å². The number of rotatable bonds is 7. The van der Waals surface area contributed by atoms with E-state index in [1.807, 2.05) is 13.8 Å². The molecule has 0 amide bonds. The Balaban J connectivity index is 2.17. The maximum absolute atomic E-state index is 13.2. The number of unbranched alkanes of at least 4 members (excludes halogenated alkanes) is 1. The van der Waals surface area contributed by atoms with Gasteiger partial charge in [-0.25, -0.2) is 9.36 Å². The van der Waals surface area contributed by atoms with Gasteiger partial charge in [0.2, 0.25) is 11.8 Å². The SMILES string of the molecule is CCCCn1c(=O)n([C@@H]2O[C@H](C(O)CC)C[C@H]2O)c2nc(N)nc(OC)c21. The number of hydrogen-bond acceptors (Lipinski definition) is 8. The molecule has 10 nitrogen and oxygen atoms in total. The molecule has 0 aromatic carbocycles. The molecule has 2 aromatic heterocycles. The maximum Gasteiger partial charge on any atom is 0.332 e. The van der Waals surface area contributed by atoms with E-state index in [-0.39, 0.29) is 29.6 Å². The molecular formula is C17H27N5O5. The second-order valence-corrected chi connectivity index (χ2v) is 6.76. The predicted molar refractivity (Wildman–Crippen MR) is 98.5 cm³/mol. The molecule has 2 aromatic rings. The summed E-state index contributed by atoms with van der Waals surface area (Å²) >= 11 is 0. The Hall–Kier alpha value is -2.17. The molecule has 0 radical (unpaired) electrons. The molecule has 4 atom stereocenters. The molecule has 0 spiro atoms. The number of aliphatic hydroxyl groups is 2. The molecule has 3 rings (SSSR count). The van der Waals surface area contributed by atoms with Crippen LogP contribution < -0.4 is 16.2 Å². The fourth-order valence-corrected chi connectivity index (χ4v) is 3.48. The van der Waals surface area contributed by atoms with Gasteiger partial charge in [-0.3, -0.25) is 4.57 Å². The van der Waals surface area contributed by atoms with Crippen LogP contribution in [0.4, 0.5) is 5.95 Å². The second kappa shape index (κ2) is 7.83. The summed E-state index contributed by atoms with van der Waals surface area (Å²) in [4.78, 5) is 21.5. The number of aliphatic hydroxyl groups excluding tert-OH is 2. The zero-order valence-corrected chi connectivity index (χ0v) is 15.8. The zero-order valence-electron chi connectivity index (χ0n) is 15.8. The van der Waals surface area contributed by atoms with Gasteiger partial charge in [-0.1, -0.05) is 20.3 Å². The lowest BCUT2D eigenvalue weighted by atomic mass is 10.1. The molecular weight excluding hydrogens is 354 g/mol. The first kappa shape index (κ1) is 19.6. The molecule has 1 unspecified atom stereocenters. The highest BCUT2D eigenvalue weighted by atomic mass is 16.5. The number of aromatic nitrogens is 4. The Morgan fingerprint density at radius 2 is 2.15 bits per heavy atom. The Morgan fingerprint density at radius 3 is 2.78 bits per heavy atom. The molecule has 3 heterocycles. The summed E-state index contributed by atoms with van der Waals surface area (Å²) in [5, 5.41) is 20.6. The van der Waals surface area contributed by atoms with Crippen molar-refractivity contribution in [2.45, 2.75) is 70.6 Å². The van der Waals surface area contributed by atoms with Crippen molar-refractivity contribution in [3.63, 3.8) is 0 Å². The van der Waals surface area contributed by atoms with Crippen molar-refractivity contribution in [1.29, 1.82) is 0 Å². The molecule has 1 aliphatic heterocycles. The minimum absolute atomic E-state index is 0.0432. The van der Waals surface area contributed by atoms with E-state index in [0.717, 1.165) is 12.8 Å². The lowest BCUT2D eigenvalue weighted by Crippen LogP contribution is -2.32. The molecule has 10 heteroatoms. The molecule has 1 saturated heterocycles. The number of aryl methyl sites for hydroxylation is 1. The van der Waals surface area contributed by atoms with Crippen LogP contribution in [0.3, 0.4) is 0 Å². The largest absolute Gasteiger partial charge is 0.479 e. The number of hydrogen-bond donors (Lipinski definition) is 3. The van der Waals surface area contributed by atoms with Crippen molar-refractivity contribution in [3.05, 3.63) is 10.5 Å². The van der Waals surface area contributed by atoms with Crippen molar-refractivity contribution in [3.8, 4) is 5.88 Å². The third kappa shape index (κ3) is 3.40. The summed E-state index contributed by atoms with van der Waals surface area (Å²) in [6.07, 6.45) is -0.817. The summed E-state index contributed by atoms with van der Waals surface area (Å²) in [6, 6.07) is 0. The van der Waals surface area contributed by atoms with Crippen LogP contribution in [-0.2, 0) is 11.3 Å². The molecule has 150 valence electrons. The first-order chi connectivity index (χ1) is 12.9. The third-order valence-corrected chi connectivity index (χ3v) is 4.93. The van der Waals surface area contributed by atoms with E-state index >= 15 is 0 Å². The van der Waals surface area contributed by atoms with Crippen LogP contribution in [0.5, 0.6) is 5.88 Å². The van der Waals surface area contributed by atoms with E-state index in [9.17, 15) is 15.0 Å². The van der Waals surface area contributed by atoms with Gasteiger partial charge < -0.3 is 25.4 Å². The maximum atomic E-state index is 13.2. The first-order valence-corrected chi connectivity index (χ1v) is 9.26. The smallest absolute Gasteiger partial charge is 0.332 e. The van der Waals surface area contributed by atoms with Crippen molar-refractivity contribution >= 4 is 17.1 Å². The van der Waals surface area contributed by atoms with Gasteiger partial charge in [0.05, 0.1) is 19.3 Å². The van der Waals surface area contributed by atoms with E-state index in [1.54, 1.807) is 0 Å². The highest BCUT2D eigenvalue weighted by Crippen LogP contribution is 2.34. The highest BCUT2D eigenvalue weighted by Gasteiger charge is 2.41. The van der Waals surface area contributed by atoms with E-state index in [1.165, 1.54) is 16.2 Å². The standard InChI is InChI=1S/C17H27N5O5/c1-4-6-7-21-12-13(19-16(18)20-14(12)26-3)22(17(21)25)15-10(24)8-11(27-15)9(23)5-2/h9-11,15,23-24H,4-8H2,1-3H3,(H2,18,19,20)/t9?,10-,11+,15-/m1/s1. The van der Waals surface area contributed by atoms with E-state index in [0.29, 0.717) is 18.5 Å². The van der Waals surface area contributed by atoms with Crippen LogP contribution in [0, 0.1) is 0 Å². The molecule has 4 N–H and O–H groups in total. The van der Waals surface area contributed by atoms with Gasteiger partial charge >= 0.3 is 5.69 Å². The van der Waals surface area contributed by atoms with Gasteiger partial charge in [-0.2, -0.15) is 9.97 Å². The van der Waals surface area contributed by atoms with E-state index in [2.05, 4.69) is 9.97 Å². The number of ether oxygens (including phenoxy) is 2. The number of methoxy groups -OCH3 is 1. The van der Waals surface area contributed by atoms with Crippen LogP contribution in [0.15, 0.2) is 4.79 Å². The molecule has 1 fully saturated rings. The topological polar surface area (TPSA) is 138 Å². The minimum atomic E-state index is -0.965. The molecule has 1 aliphatic rings. The third-order valence-electron chi connectivity index (χ3n) is 4.93. The summed E-state index contributed by atoms with van der Waals surface area (Å²) in [7, 11) is 1.45. The van der Waals surface area contributed by atoms with Gasteiger partial charge in [-0.15, -0.1) is 0 Å². The van der Waals surface area contributed by atoms with Crippen molar-refractivity contribution in [2.24, 2.45) is 0 Å². The number of anilines is 1. The Morgan fingerprint density at radius 1 is 1.41 bits per heavy atom. The van der Waals surface area contributed by atoms with Crippen molar-refractivity contribution < 1.29 is 19.7 Å². The Bertz CT molecular complexity index is 863.